The predicted molar refractivity (Wildman–Crippen MR) is 109 cm³/mol. The summed E-state index contributed by atoms with van der Waals surface area (Å²) in [6.07, 6.45) is -1.57. The summed E-state index contributed by atoms with van der Waals surface area (Å²) < 4.78 is 41.8. The van der Waals surface area contributed by atoms with Crippen molar-refractivity contribution in [3.05, 3.63) is 65.1 Å². The molecule has 166 valence electrons. The van der Waals surface area contributed by atoms with Gasteiger partial charge >= 0.3 is 6.18 Å². The van der Waals surface area contributed by atoms with Gasteiger partial charge in [-0.1, -0.05) is 18.2 Å². The molecule has 1 saturated carbocycles. The summed E-state index contributed by atoms with van der Waals surface area (Å²) in [5.41, 5.74) is 0.721. The molecule has 2 atom stereocenters. The maximum absolute atomic E-state index is 13.4. The summed E-state index contributed by atoms with van der Waals surface area (Å²) in [4.78, 5) is 26.5. The van der Waals surface area contributed by atoms with Gasteiger partial charge in [0, 0.05) is 24.8 Å². The molecule has 2 aromatic heterocycles. The average Bonchev–Trinajstić information content (AvgIpc) is 3.45. The fourth-order valence-corrected chi connectivity index (χ4v) is 5.22. The number of halogens is 3. The molecule has 2 aliphatic rings. The lowest BCUT2D eigenvalue weighted by Gasteiger charge is -2.21. The molecule has 1 amide bonds. The van der Waals surface area contributed by atoms with E-state index in [1.807, 2.05) is 0 Å². The van der Waals surface area contributed by atoms with E-state index in [0.717, 1.165) is 6.07 Å². The number of pyridine rings is 1. The Bertz CT molecular complexity index is 1210. The number of hydrogen-bond donors (Lipinski definition) is 0. The first-order valence-corrected chi connectivity index (χ1v) is 10.5. The first-order chi connectivity index (χ1) is 15.2. The smallest absolute Gasteiger partial charge is 0.335 e. The number of carbonyl (C=O) groups is 2. The molecule has 6 nitrogen and oxygen atoms in total. The van der Waals surface area contributed by atoms with Crippen LogP contribution in [0.3, 0.4) is 0 Å². The standard InChI is InChI=1S/C23H21F3N4O2/c1-13(31)14-6-7-20-27-28-21(30(20)12-14)22(32)29-10-16-8-15(9-17(16)11-29)18-4-2-3-5-19(18)23(24,25)26/h2-7,12,15-17H,8-11H2,1H3. The van der Waals surface area contributed by atoms with Gasteiger partial charge in [-0.2, -0.15) is 13.2 Å². The highest BCUT2D eigenvalue weighted by Crippen LogP contribution is 2.49. The van der Waals surface area contributed by atoms with Crippen molar-refractivity contribution in [3.63, 3.8) is 0 Å². The molecular formula is C23H21F3N4O2. The molecule has 32 heavy (non-hydrogen) atoms. The normalized spacial score (nSPS) is 23.0. The van der Waals surface area contributed by atoms with Crippen LogP contribution in [0.25, 0.3) is 5.65 Å². The predicted octanol–water partition coefficient (Wildman–Crippen LogP) is 4.22. The van der Waals surface area contributed by atoms with Gasteiger partial charge < -0.3 is 4.90 Å². The molecule has 0 N–H and O–H groups in total. The summed E-state index contributed by atoms with van der Waals surface area (Å²) in [6, 6.07) is 9.07. The second kappa shape index (κ2) is 7.43. The zero-order valence-corrected chi connectivity index (χ0v) is 17.3. The molecule has 2 fully saturated rings. The molecule has 1 saturated heterocycles. The molecule has 1 aromatic carbocycles. The average molecular weight is 442 g/mol. The molecule has 3 heterocycles. The van der Waals surface area contributed by atoms with Gasteiger partial charge in [0.2, 0.25) is 5.82 Å². The Hall–Kier alpha value is -3.23. The molecule has 0 spiro atoms. The highest BCUT2D eigenvalue weighted by Gasteiger charge is 2.45. The van der Waals surface area contributed by atoms with Crippen LogP contribution < -0.4 is 0 Å². The summed E-state index contributed by atoms with van der Waals surface area (Å²) in [5.74, 6) is -0.122. The Morgan fingerprint density at radius 2 is 1.69 bits per heavy atom. The van der Waals surface area contributed by atoms with E-state index in [9.17, 15) is 22.8 Å². The van der Waals surface area contributed by atoms with E-state index >= 15 is 0 Å². The number of alkyl halides is 3. The van der Waals surface area contributed by atoms with Crippen LogP contribution in [0.5, 0.6) is 0 Å². The molecular weight excluding hydrogens is 421 g/mol. The van der Waals surface area contributed by atoms with Crippen molar-refractivity contribution in [1.29, 1.82) is 0 Å². The number of nitrogens with zero attached hydrogens (tertiary/aromatic N) is 4. The Labute approximate surface area is 182 Å². The number of amides is 1. The van der Waals surface area contributed by atoms with Crippen LogP contribution >= 0.6 is 0 Å². The fourth-order valence-electron chi connectivity index (χ4n) is 5.22. The van der Waals surface area contributed by atoms with E-state index < -0.39 is 11.7 Å². The number of rotatable bonds is 3. The van der Waals surface area contributed by atoms with Crippen LogP contribution in [0.2, 0.25) is 0 Å². The summed E-state index contributed by atoms with van der Waals surface area (Å²) >= 11 is 0. The lowest BCUT2D eigenvalue weighted by atomic mass is 9.91. The molecule has 0 radical (unpaired) electrons. The van der Waals surface area contributed by atoms with Gasteiger partial charge in [0.25, 0.3) is 5.91 Å². The van der Waals surface area contributed by atoms with Crippen molar-refractivity contribution in [2.45, 2.75) is 31.9 Å². The van der Waals surface area contributed by atoms with Crippen LogP contribution in [-0.4, -0.2) is 44.3 Å². The van der Waals surface area contributed by atoms with E-state index in [1.165, 1.54) is 17.4 Å². The number of hydrogen-bond acceptors (Lipinski definition) is 4. The van der Waals surface area contributed by atoms with Gasteiger partial charge in [-0.3, -0.25) is 14.0 Å². The van der Waals surface area contributed by atoms with Crippen molar-refractivity contribution in [2.75, 3.05) is 13.1 Å². The van der Waals surface area contributed by atoms with Gasteiger partial charge in [0.15, 0.2) is 11.4 Å². The minimum absolute atomic E-state index is 0.125. The second-order valence-electron chi connectivity index (χ2n) is 8.71. The molecule has 3 aromatic rings. The molecule has 1 aliphatic heterocycles. The largest absolute Gasteiger partial charge is 0.416 e. The van der Waals surface area contributed by atoms with E-state index in [4.69, 9.17) is 0 Å². The zero-order chi connectivity index (χ0) is 22.6. The summed E-state index contributed by atoms with van der Waals surface area (Å²) in [6.45, 7) is 2.41. The first kappa shape index (κ1) is 20.7. The number of carbonyl (C=O) groups excluding carboxylic acids is 2. The fraction of sp³-hybridized carbons (Fsp3) is 0.391. The van der Waals surface area contributed by atoms with Gasteiger partial charge in [-0.05, 0) is 61.3 Å². The monoisotopic (exact) mass is 442 g/mol. The van der Waals surface area contributed by atoms with Crippen LogP contribution in [0.4, 0.5) is 13.2 Å². The minimum atomic E-state index is -4.37. The third-order valence-corrected chi connectivity index (χ3v) is 6.74. The quantitative estimate of drug-likeness (QED) is 0.570. The zero-order valence-electron chi connectivity index (χ0n) is 17.3. The molecule has 5 rings (SSSR count). The van der Waals surface area contributed by atoms with Crippen LogP contribution in [0.15, 0.2) is 42.6 Å². The number of Topliss-reactive ketones (excluding diaryl/α,β-unsaturated/α-hetero) is 1. The Morgan fingerprint density at radius 3 is 2.34 bits per heavy atom. The van der Waals surface area contributed by atoms with Crippen molar-refractivity contribution < 1.29 is 22.8 Å². The SMILES string of the molecule is CC(=O)c1ccc2nnc(C(=O)N3CC4CC(c5ccccc5C(F)(F)F)CC4C3)n2c1. The minimum Gasteiger partial charge on any atom is -0.335 e. The van der Waals surface area contributed by atoms with Crippen LogP contribution in [0.1, 0.15) is 57.8 Å². The third kappa shape index (κ3) is 3.45. The maximum atomic E-state index is 13.4. The third-order valence-electron chi connectivity index (χ3n) is 6.74. The molecule has 0 bridgehead atoms. The number of ketones is 1. The van der Waals surface area contributed by atoms with E-state index in [0.29, 0.717) is 42.7 Å². The van der Waals surface area contributed by atoms with E-state index in [1.54, 1.807) is 35.4 Å². The number of benzene rings is 1. The Balaban J connectivity index is 1.34. The second-order valence-corrected chi connectivity index (χ2v) is 8.71. The molecule has 9 heteroatoms. The van der Waals surface area contributed by atoms with Crippen molar-refractivity contribution >= 4 is 17.3 Å². The molecule has 1 aliphatic carbocycles. The van der Waals surface area contributed by atoms with Crippen molar-refractivity contribution in [1.82, 2.24) is 19.5 Å². The Kier molecular flexibility index (Phi) is 4.79. The maximum Gasteiger partial charge on any atom is 0.416 e. The Morgan fingerprint density at radius 1 is 1.00 bits per heavy atom. The number of fused-ring (bicyclic) bond motifs is 2. The topological polar surface area (TPSA) is 67.6 Å². The molecule has 2 unspecified atom stereocenters. The van der Waals surface area contributed by atoms with Crippen molar-refractivity contribution in [3.8, 4) is 0 Å². The van der Waals surface area contributed by atoms with Crippen LogP contribution in [0, 0.1) is 11.8 Å². The van der Waals surface area contributed by atoms with Gasteiger partial charge in [-0.15, -0.1) is 10.2 Å². The lowest BCUT2D eigenvalue weighted by Crippen LogP contribution is -2.31. The van der Waals surface area contributed by atoms with Gasteiger partial charge in [0.05, 0.1) is 5.56 Å². The highest BCUT2D eigenvalue weighted by molar-refractivity contribution is 5.95. The van der Waals surface area contributed by atoms with Crippen molar-refractivity contribution in [2.24, 2.45) is 11.8 Å². The number of aromatic nitrogens is 3. The highest BCUT2D eigenvalue weighted by atomic mass is 19.4. The van der Waals surface area contributed by atoms with Gasteiger partial charge in [-0.25, -0.2) is 0 Å². The van der Waals surface area contributed by atoms with E-state index in [-0.39, 0.29) is 35.3 Å². The summed E-state index contributed by atoms with van der Waals surface area (Å²) in [7, 11) is 0. The first-order valence-electron chi connectivity index (χ1n) is 10.5. The van der Waals surface area contributed by atoms with Crippen LogP contribution in [-0.2, 0) is 6.18 Å². The van der Waals surface area contributed by atoms with Gasteiger partial charge in [0.1, 0.15) is 0 Å². The lowest BCUT2D eigenvalue weighted by molar-refractivity contribution is -0.138. The summed E-state index contributed by atoms with van der Waals surface area (Å²) in [5, 5.41) is 8.04. The van der Waals surface area contributed by atoms with E-state index in [2.05, 4.69) is 10.2 Å². The number of likely N-dealkylation sites (tertiary alicyclic amines) is 1.